The van der Waals surface area contributed by atoms with Gasteiger partial charge in [-0.15, -0.1) is 0 Å². The fourth-order valence-electron chi connectivity index (χ4n) is 4.25. The molecular formula is C24H30FNO2. The first kappa shape index (κ1) is 20.6. The molecule has 2 aromatic rings. The summed E-state index contributed by atoms with van der Waals surface area (Å²) in [7, 11) is 5.70. The summed E-state index contributed by atoms with van der Waals surface area (Å²) in [5.41, 5.74) is 2.24. The number of rotatable bonds is 5. The largest absolute Gasteiger partial charge is 0.497 e. The molecule has 0 radical (unpaired) electrons. The van der Waals surface area contributed by atoms with Crippen molar-refractivity contribution in [1.82, 2.24) is 4.90 Å². The Labute approximate surface area is 167 Å². The average Bonchev–Trinajstić information content (AvgIpc) is 2.67. The minimum atomic E-state index is -1.11. The second kappa shape index (κ2) is 8.46. The number of hydrogen-bond acceptors (Lipinski definition) is 3. The van der Waals surface area contributed by atoms with E-state index in [9.17, 15) is 9.50 Å². The number of halogens is 1. The van der Waals surface area contributed by atoms with E-state index < -0.39 is 5.60 Å². The van der Waals surface area contributed by atoms with Crippen LogP contribution in [0, 0.1) is 18.7 Å². The molecule has 1 aliphatic rings. The van der Waals surface area contributed by atoms with Gasteiger partial charge < -0.3 is 14.7 Å². The van der Waals surface area contributed by atoms with E-state index in [4.69, 9.17) is 4.74 Å². The van der Waals surface area contributed by atoms with Crippen molar-refractivity contribution in [3.63, 3.8) is 0 Å². The molecule has 28 heavy (non-hydrogen) atoms. The lowest BCUT2D eigenvalue weighted by Gasteiger charge is -2.44. The number of benzene rings is 2. The molecule has 4 heteroatoms. The number of ether oxygens (including phenoxy) is 1. The van der Waals surface area contributed by atoms with Crippen molar-refractivity contribution in [1.29, 1.82) is 0 Å². The Balaban J connectivity index is 2.09. The normalized spacial score (nSPS) is 24.0. The first-order chi connectivity index (χ1) is 13.3. The van der Waals surface area contributed by atoms with Gasteiger partial charge in [0.05, 0.1) is 7.11 Å². The lowest BCUT2D eigenvalue weighted by molar-refractivity contribution is -0.0175. The summed E-state index contributed by atoms with van der Waals surface area (Å²) in [5.74, 6) is 0.610. The lowest BCUT2D eigenvalue weighted by Crippen LogP contribution is -2.44. The van der Waals surface area contributed by atoms with Gasteiger partial charge in [0.1, 0.15) is 17.2 Å². The molecule has 1 aliphatic carbocycles. The van der Waals surface area contributed by atoms with Gasteiger partial charge in [0.2, 0.25) is 0 Å². The molecule has 1 N–H and O–H groups in total. The summed E-state index contributed by atoms with van der Waals surface area (Å²) in [4.78, 5) is 2.11. The van der Waals surface area contributed by atoms with Crippen LogP contribution in [0.5, 0.6) is 5.75 Å². The summed E-state index contributed by atoms with van der Waals surface area (Å²) in [6.45, 7) is 2.52. The molecule has 3 nitrogen and oxygen atoms in total. The second-order valence-corrected chi connectivity index (χ2v) is 8.02. The third-order valence-corrected chi connectivity index (χ3v) is 5.72. The first-order valence-electron chi connectivity index (χ1n) is 9.83. The van der Waals surface area contributed by atoms with E-state index in [0.717, 1.165) is 48.3 Å². The van der Waals surface area contributed by atoms with Crippen LogP contribution in [0.15, 0.2) is 48.0 Å². The highest BCUT2D eigenvalue weighted by Gasteiger charge is 2.44. The van der Waals surface area contributed by atoms with Crippen LogP contribution in [0.4, 0.5) is 4.39 Å². The molecule has 2 atom stereocenters. The van der Waals surface area contributed by atoms with Crippen LogP contribution < -0.4 is 4.74 Å². The highest BCUT2D eigenvalue weighted by atomic mass is 19.1. The van der Waals surface area contributed by atoms with Crippen molar-refractivity contribution < 1.29 is 14.2 Å². The maximum absolute atomic E-state index is 13.9. The summed E-state index contributed by atoms with van der Waals surface area (Å²) >= 11 is 0. The molecule has 2 aromatic carbocycles. The van der Waals surface area contributed by atoms with Crippen LogP contribution >= 0.6 is 0 Å². The van der Waals surface area contributed by atoms with Crippen molar-refractivity contribution in [2.24, 2.45) is 5.92 Å². The summed E-state index contributed by atoms with van der Waals surface area (Å²) in [6, 6.07) is 12.8. The SMILES string of the molecule is COc1ccc(/C=C2\CCCC(CN(C)C)C2(O)c2ccc(F)c(C)c2)cc1. The third kappa shape index (κ3) is 4.13. The molecule has 3 rings (SSSR count). The van der Waals surface area contributed by atoms with Crippen molar-refractivity contribution >= 4 is 6.08 Å². The molecule has 0 saturated heterocycles. The molecular weight excluding hydrogens is 353 g/mol. The number of hydrogen-bond donors (Lipinski definition) is 1. The van der Waals surface area contributed by atoms with Gasteiger partial charge in [-0.05, 0) is 86.8 Å². The van der Waals surface area contributed by atoms with Crippen LogP contribution in [0.3, 0.4) is 0 Å². The molecule has 1 fully saturated rings. The second-order valence-electron chi connectivity index (χ2n) is 8.02. The van der Waals surface area contributed by atoms with Crippen LogP contribution in [0.25, 0.3) is 6.08 Å². The first-order valence-corrected chi connectivity index (χ1v) is 9.83. The Hall–Kier alpha value is -2.17. The van der Waals surface area contributed by atoms with E-state index >= 15 is 0 Å². The Morgan fingerprint density at radius 1 is 1.21 bits per heavy atom. The molecule has 0 heterocycles. The van der Waals surface area contributed by atoms with E-state index in [1.165, 1.54) is 6.07 Å². The molecule has 0 aliphatic heterocycles. The molecule has 0 aromatic heterocycles. The third-order valence-electron chi connectivity index (χ3n) is 5.72. The van der Waals surface area contributed by atoms with E-state index in [0.29, 0.717) is 5.56 Å². The molecule has 2 unspecified atom stereocenters. The summed E-state index contributed by atoms with van der Waals surface area (Å²) in [6.07, 6.45) is 4.87. The molecule has 150 valence electrons. The van der Waals surface area contributed by atoms with E-state index in [-0.39, 0.29) is 11.7 Å². The maximum atomic E-state index is 13.9. The maximum Gasteiger partial charge on any atom is 0.126 e. The number of aryl methyl sites for hydroxylation is 1. The predicted octanol–water partition coefficient (Wildman–Crippen LogP) is 4.78. The predicted molar refractivity (Wildman–Crippen MR) is 112 cm³/mol. The van der Waals surface area contributed by atoms with E-state index in [1.54, 1.807) is 26.2 Å². The van der Waals surface area contributed by atoms with Gasteiger partial charge in [0.25, 0.3) is 0 Å². The van der Waals surface area contributed by atoms with Crippen molar-refractivity contribution in [2.45, 2.75) is 31.8 Å². The van der Waals surface area contributed by atoms with Crippen molar-refractivity contribution in [2.75, 3.05) is 27.7 Å². The molecule has 1 saturated carbocycles. The monoisotopic (exact) mass is 383 g/mol. The zero-order chi connectivity index (χ0) is 20.3. The van der Waals surface area contributed by atoms with Gasteiger partial charge in [-0.25, -0.2) is 4.39 Å². The number of aliphatic hydroxyl groups is 1. The number of nitrogens with zero attached hydrogens (tertiary/aromatic N) is 1. The van der Waals surface area contributed by atoms with Gasteiger partial charge in [-0.2, -0.15) is 0 Å². The summed E-state index contributed by atoms with van der Waals surface area (Å²) in [5, 5.41) is 12.0. The van der Waals surface area contributed by atoms with Gasteiger partial charge in [-0.1, -0.05) is 24.3 Å². The van der Waals surface area contributed by atoms with E-state index in [1.807, 2.05) is 38.4 Å². The van der Waals surface area contributed by atoms with Crippen LogP contribution in [0.2, 0.25) is 0 Å². The zero-order valence-corrected chi connectivity index (χ0v) is 17.2. The Morgan fingerprint density at radius 2 is 1.93 bits per heavy atom. The van der Waals surface area contributed by atoms with Crippen molar-refractivity contribution in [3.05, 3.63) is 70.5 Å². The average molecular weight is 384 g/mol. The Morgan fingerprint density at radius 3 is 2.54 bits per heavy atom. The smallest absolute Gasteiger partial charge is 0.126 e. The highest BCUT2D eigenvalue weighted by Crippen LogP contribution is 2.46. The number of methoxy groups -OCH3 is 1. The topological polar surface area (TPSA) is 32.7 Å². The molecule has 0 bridgehead atoms. The van der Waals surface area contributed by atoms with Crippen LogP contribution in [-0.4, -0.2) is 37.8 Å². The highest BCUT2D eigenvalue weighted by molar-refractivity contribution is 5.58. The van der Waals surface area contributed by atoms with Gasteiger partial charge >= 0.3 is 0 Å². The summed E-state index contributed by atoms with van der Waals surface area (Å²) < 4.78 is 19.1. The molecule has 0 amide bonds. The van der Waals surface area contributed by atoms with Crippen LogP contribution in [0.1, 0.15) is 36.0 Å². The standard InChI is InChI=1S/C24H30FNO2/c1-17-14-20(10-13-23(17)25)24(27)19(6-5-7-21(24)16-26(2)3)15-18-8-11-22(28-4)12-9-18/h8-15,21,27H,5-7,16H2,1-4H3/b19-15+. The Kier molecular flexibility index (Phi) is 6.21. The van der Waals surface area contributed by atoms with E-state index in [2.05, 4.69) is 11.0 Å². The van der Waals surface area contributed by atoms with Gasteiger partial charge in [-0.3, -0.25) is 0 Å². The minimum Gasteiger partial charge on any atom is -0.497 e. The fourth-order valence-corrected chi connectivity index (χ4v) is 4.25. The van der Waals surface area contributed by atoms with Gasteiger partial charge in [0, 0.05) is 12.5 Å². The fraction of sp³-hybridized carbons (Fsp3) is 0.417. The quantitative estimate of drug-likeness (QED) is 0.807. The minimum absolute atomic E-state index is 0.0469. The molecule has 0 spiro atoms. The lowest BCUT2D eigenvalue weighted by atomic mass is 9.67. The van der Waals surface area contributed by atoms with Crippen molar-refractivity contribution in [3.8, 4) is 5.75 Å². The zero-order valence-electron chi connectivity index (χ0n) is 17.2. The van der Waals surface area contributed by atoms with Gasteiger partial charge in [0.15, 0.2) is 0 Å². The van der Waals surface area contributed by atoms with Crippen LogP contribution in [-0.2, 0) is 5.60 Å². The Bertz CT molecular complexity index is 844.